The molecule has 2 N–H and O–H groups in total. The Morgan fingerprint density at radius 1 is 1.35 bits per heavy atom. The van der Waals surface area contributed by atoms with Gasteiger partial charge < -0.3 is 9.88 Å². The Morgan fingerprint density at radius 3 is 3.00 bits per heavy atom. The summed E-state index contributed by atoms with van der Waals surface area (Å²) in [5, 5.41) is 9.92. The summed E-state index contributed by atoms with van der Waals surface area (Å²) in [6.07, 6.45) is 3.57. The SMILES string of the molecule is Cn1c(CNc2cn[nH]c2)nc2ccccc21. The van der Waals surface area contributed by atoms with E-state index in [0.29, 0.717) is 6.54 Å². The first kappa shape index (κ1) is 9.89. The maximum atomic E-state index is 4.58. The first-order valence-electron chi connectivity index (χ1n) is 5.47. The number of fused-ring (bicyclic) bond motifs is 1. The highest BCUT2D eigenvalue weighted by molar-refractivity contribution is 5.75. The van der Waals surface area contributed by atoms with Crippen molar-refractivity contribution >= 4 is 16.7 Å². The van der Waals surface area contributed by atoms with Crippen LogP contribution in [0.15, 0.2) is 36.7 Å². The Balaban J connectivity index is 1.88. The van der Waals surface area contributed by atoms with E-state index >= 15 is 0 Å². The molecule has 0 atom stereocenters. The van der Waals surface area contributed by atoms with Crippen molar-refractivity contribution < 1.29 is 0 Å². The van der Waals surface area contributed by atoms with Crippen LogP contribution in [0.25, 0.3) is 11.0 Å². The molecule has 0 saturated carbocycles. The van der Waals surface area contributed by atoms with E-state index in [4.69, 9.17) is 0 Å². The van der Waals surface area contributed by atoms with Gasteiger partial charge in [0.05, 0.1) is 29.5 Å². The number of imidazole rings is 1. The maximum absolute atomic E-state index is 4.58. The molecule has 0 amide bonds. The van der Waals surface area contributed by atoms with Gasteiger partial charge in [0.25, 0.3) is 0 Å². The van der Waals surface area contributed by atoms with Crippen molar-refractivity contribution in [2.75, 3.05) is 5.32 Å². The van der Waals surface area contributed by atoms with Gasteiger partial charge in [0.15, 0.2) is 0 Å². The predicted molar refractivity (Wildman–Crippen MR) is 66.6 cm³/mol. The highest BCUT2D eigenvalue weighted by atomic mass is 15.1. The molecular weight excluding hydrogens is 214 g/mol. The Morgan fingerprint density at radius 2 is 2.24 bits per heavy atom. The number of aromatic nitrogens is 4. The first-order valence-corrected chi connectivity index (χ1v) is 5.47. The van der Waals surface area contributed by atoms with Gasteiger partial charge in [0, 0.05) is 13.2 Å². The van der Waals surface area contributed by atoms with Crippen LogP contribution in [0.4, 0.5) is 5.69 Å². The minimum absolute atomic E-state index is 0.685. The van der Waals surface area contributed by atoms with Crippen LogP contribution >= 0.6 is 0 Å². The highest BCUT2D eigenvalue weighted by Crippen LogP contribution is 2.15. The predicted octanol–water partition coefficient (Wildman–Crippen LogP) is 1.91. The molecule has 5 heteroatoms. The third-order valence-corrected chi connectivity index (χ3v) is 2.83. The molecule has 0 aliphatic carbocycles. The lowest BCUT2D eigenvalue weighted by atomic mass is 10.3. The minimum atomic E-state index is 0.685. The summed E-state index contributed by atoms with van der Waals surface area (Å²) in [7, 11) is 2.03. The van der Waals surface area contributed by atoms with Crippen molar-refractivity contribution in [1.82, 2.24) is 19.7 Å². The number of para-hydroxylation sites is 2. The fraction of sp³-hybridized carbons (Fsp3) is 0.167. The molecule has 0 spiro atoms. The number of benzene rings is 1. The number of anilines is 1. The molecule has 1 aromatic carbocycles. The largest absolute Gasteiger partial charge is 0.375 e. The summed E-state index contributed by atoms with van der Waals surface area (Å²) in [4.78, 5) is 4.58. The zero-order chi connectivity index (χ0) is 11.7. The molecule has 0 aliphatic rings. The molecular formula is C12H13N5. The topological polar surface area (TPSA) is 58.5 Å². The van der Waals surface area contributed by atoms with E-state index in [0.717, 1.165) is 22.5 Å². The molecule has 0 aliphatic heterocycles. The van der Waals surface area contributed by atoms with E-state index in [1.54, 1.807) is 6.20 Å². The zero-order valence-corrected chi connectivity index (χ0v) is 9.51. The van der Waals surface area contributed by atoms with Gasteiger partial charge in [0.1, 0.15) is 5.82 Å². The zero-order valence-electron chi connectivity index (χ0n) is 9.51. The number of H-pyrrole nitrogens is 1. The molecule has 0 bridgehead atoms. The van der Waals surface area contributed by atoms with E-state index in [-0.39, 0.29) is 0 Å². The lowest BCUT2D eigenvalue weighted by Gasteiger charge is -2.03. The number of nitrogens with one attached hydrogen (secondary N) is 2. The van der Waals surface area contributed by atoms with E-state index in [9.17, 15) is 0 Å². The number of aromatic amines is 1. The van der Waals surface area contributed by atoms with Crippen LogP contribution in [0.2, 0.25) is 0 Å². The van der Waals surface area contributed by atoms with E-state index in [1.807, 2.05) is 31.4 Å². The van der Waals surface area contributed by atoms with Crippen molar-refractivity contribution in [3.63, 3.8) is 0 Å². The summed E-state index contributed by atoms with van der Waals surface area (Å²) in [5.74, 6) is 1.01. The first-order chi connectivity index (χ1) is 8.34. The molecule has 2 heterocycles. The van der Waals surface area contributed by atoms with Gasteiger partial charge in [-0.25, -0.2) is 4.98 Å². The van der Waals surface area contributed by atoms with Crippen LogP contribution in [0.1, 0.15) is 5.82 Å². The van der Waals surface area contributed by atoms with Gasteiger partial charge in [-0.05, 0) is 12.1 Å². The Hall–Kier alpha value is -2.30. The molecule has 2 aromatic heterocycles. The molecule has 17 heavy (non-hydrogen) atoms. The van der Waals surface area contributed by atoms with Crippen molar-refractivity contribution in [2.45, 2.75) is 6.54 Å². The summed E-state index contributed by atoms with van der Waals surface area (Å²) in [6.45, 7) is 0.685. The van der Waals surface area contributed by atoms with Gasteiger partial charge in [-0.2, -0.15) is 5.10 Å². The molecule has 5 nitrogen and oxygen atoms in total. The van der Waals surface area contributed by atoms with Crippen molar-refractivity contribution in [1.29, 1.82) is 0 Å². The second-order valence-electron chi connectivity index (χ2n) is 3.92. The molecule has 0 radical (unpaired) electrons. The lowest BCUT2D eigenvalue weighted by molar-refractivity contribution is 0.834. The van der Waals surface area contributed by atoms with E-state index in [2.05, 4.69) is 31.1 Å². The number of nitrogens with zero attached hydrogens (tertiary/aromatic N) is 3. The van der Waals surface area contributed by atoms with Crippen LogP contribution < -0.4 is 5.32 Å². The van der Waals surface area contributed by atoms with Crippen LogP contribution in [0, 0.1) is 0 Å². The van der Waals surface area contributed by atoms with Gasteiger partial charge in [0.2, 0.25) is 0 Å². The fourth-order valence-corrected chi connectivity index (χ4v) is 1.88. The number of aryl methyl sites for hydroxylation is 1. The molecule has 3 rings (SSSR count). The Kier molecular flexibility index (Phi) is 2.29. The van der Waals surface area contributed by atoms with Gasteiger partial charge in [-0.1, -0.05) is 12.1 Å². The second kappa shape index (κ2) is 3.93. The fourth-order valence-electron chi connectivity index (χ4n) is 1.88. The third-order valence-electron chi connectivity index (χ3n) is 2.83. The van der Waals surface area contributed by atoms with Gasteiger partial charge >= 0.3 is 0 Å². The Labute approximate surface area is 98.5 Å². The average Bonchev–Trinajstić information content (AvgIpc) is 2.96. The summed E-state index contributed by atoms with van der Waals surface area (Å²) in [6, 6.07) is 8.13. The minimum Gasteiger partial charge on any atom is -0.375 e. The molecule has 86 valence electrons. The van der Waals surface area contributed by atoms with Crippen molar-refractivity contribution in [3.05, 3.63) is 42.5 Å². The summed E-state index contributed by atoms with van der Waals surface area (Å²) in [5.41, 5.74) is 3.15. The van der Waals surface area contributed by atoms with Crippen molar-refractivity contribution in [2.24, 2.45) is 7.05 Å². The quantitative estimate of drug-likeness (QED) is 0.718. The molecule has 0 unspecified atom stereocenters. The molecule has 0 fully saturated rings. The second-order valence-corrected chi connectivity index (χ2v) is 3.92. The normalized spacial score (nSPS) is 10.9. The maximum Gasteiger partial charge on any atom is 0.128 e. The van der Waals surface area contributed by atoms with Crippen LogP contribution in [-0.4, -0.2) is 19.7 Å². The van der Waals surface area contributed by atoms with Crippen molar-refractivity contribution in [3.8, 4) is 0 Å². The molecule has 0 saturated heterocycles. The smallest absolute Gasteiger partial charge is 0.128 e. The van der Waals surface area contributed by atoms with Gasteiger partial charge in [-0.15, -0.1) is 0 Å². The lowest BCUT2D eigenvalue weighted by Crippen LogP contribution is -2.05. The highest BCUT2D eigenvalue weighted by Gasteiger charge is 2.06. The summed E-state index contributed by atoms with van der Waals surface area (Å²) < 4.78 is 2.10. The standard InChI is InChI=1S/C12H13N5/c1-17-11-5-3-2-4-10(11)16-12(17)8-13-9-6-14-15-7-9/h2-7,13H,8H2,1H3,(H,14,15). The molecule has 3 aromatic rings. The third kappa shape index (κ3) is 1.75. The number of rotatable bonds is 3. The monoisotopic (exact) mass is 227 g/mol. The summed E-state index contributed by atoms with van der Waals surface area (Å²) >= 11 is 0. The number of hydrogen-bond donors (Lipinski definition) is 2. The van der Waals surface area contributed by atoms with Crippen LogP contribution in [0.3, 0.4) is 0 Å². The van der Waals surface area contributed by atoms with Gasteiger partial charge in [-0.3, -0.25) is 5.10 Å². The van der Waals surface area contributed by atoms with E-state index < -0.39 is 0 Å². The van der Waals surface area contributed by atoms with Crippen LogP contribution in [-0.2, 0) is 13.6 Å². The number of hydrogen-bond acceptors (Lipinski definition) is 3. The Bertz CT molecular complexity index is 623. The average molecular weight is 227 g/mol. The van der Waals surface area contributed by atoms with Crippen LogP contribution in [0.5, 0.6) is 0 Å². The van der Waals surface area contributed by atoms with E-state index in [1.165, 1.54) is 0 Å².